The van der Waals surface area contributed by atoms with Crippen molar-refractivity contribution in [3.63, 3.8) is 0 Å². The summed E-state index contributed by atoms with van der Waals surface area (Å²) in [6, 6.07) is 0. The van der Waals surface area contributed by atoms with Gasteiger partial charge in [-0.05, 0) is 45.4 Å². The average Bonchev–Trinajstić information content (AvgIpc) is 2.29. The Balaban J connectivity index is 2.77. The molecule has 0 aromatic rings. The van der Waals surface area contributed by atoms with Crippen LogP contribution in [0.15, 0.2) is 0 Å². The number of carbonyl (C=O) groups is 2. The molecule has 0 unspecified atom stereocenters. The lowest BCUT2D eigenvalue weighted by atomic mass is 9.70. The second-order valence-electron chi connectivity index (χ2n) is 6.05. The number of carboxylic acid groups (broad SMARTS) is 1. The molecule has 1 aliphatic rings. The summed E-state index contributed by atoms with van der Waals surface area (Å²) in [5.74, 6) is -0.638. The number of amides is 1. The van der Waals surface area contributed by atoms with Gasteiger partial charge in [-0.3, -0.25) is 4.79 Å². The zero-order valence-electron chi connectivity index (χ0n) is 11.5. The summed E-state index contributed by atoms with van der Waals surface area (Å²) in [6.07, 6.45) is 3.43. The third kappa shape index (κ3) is 3.02. The smallest absolute Gasteiger partial charge is 0.328 e. The first kappa shape index (κ1) is 15.0. The number of nitrogens with two attached hydrogens (primary N) is 1. The van der Waals surface area contributed by atoms with E-state index in [0.717, 1.165) is 25.7 Å². The maximum atomic E-state index is 12.3. The Bertz CT molecular complexity index is 331. The van der Waals surface area contributed by atoms with E-state index in [4.69, 9.17) is 10.8 Å². The molecule has 0 bridgehead atoms. The molecule has 0 spiro atoms. The van der Waals surface area contributed by atoms with Crippen LogP contribution in [0, 0.1) is 11.3 Å². The summed E-state index contributed by atoms with van der Waals surface area (Å²) in [7, 11) is 0. The van der Waals surface area contributed by atoms with Crippen molar-refractivity contribution in [2.75, 3.05) is 6.54 Å². The molecule has 0 aliphatic heterocycles. The van der Waals surface area contributed by atoms with Crippen LogP contribution in [0.3, 0.4) is 0 Å². The predicted molar refractivity (Wildman–Crippen MR) is 69.0 cm³/mol. The molecule has 1 fully saturated rings. The molecule has 0 saturated heterocycles. The monoisotopic (exact) mass is 256 g/mol. The van der Waals surface area contributed by atoms with Crippen molar-refractivity contribution in [1.29, 1.82) is 0 Å². The number of hydrogen-bond donors (Lipinski definition) is 3. The van der Waals surface area contributed by atoms with Gasteiger partial charge in [0.25, 0.3) is 0 Å². The molecule has 5 heteroatoms. The molecule has 0 atom stereocenters. The van der Waals surface area contributed by atoms with Crippen LogP contribution in [0.1, 0.15) is 46.5 Å². The molecular weight excluding hydrogens is 232 g/mol. The first-order chi connectivity index (χ1) is 8.23. The lowest BCUT2D eigenvalue weighted by molar-refractivity contribution is -0.148. The van der Waals surface area contributed by atoms with Crippen LogP contribution in [0.5, 0.6) is 0 Å². The summed E-state index contributed by atoms with van der Waals surface area (Å²) < 4.78 is 0. The third-order valence-corrected chi connectivity index (χ3v) is 4.06. The molecule has 1 saturated carbocycles. The van der Waals surface area contributed by atoms with E-state index < -0.39 is 16.9 Å². The maximum Gasteiger partial charge on any atom is 0.328 e. The van der Waals surface area contributed by atoms with E-state index in [1.54, 1.807) is 0 Å². The molecule has 4 N–H and O–H groups in total. The van der Waals surface area contributed by atoms with Crippen LogP contribution in [0.4, 0.5) is 0 Å². The first-order valence-corrected chi connectivity index (χ1v) is 6.49. The van der Waals surface area contributed by atoms with Gasteiger partial charge in [-0.25, -0.2) is 4.79 Å². The predicted octanol–water partition coefficient (Wildman–Crippen LogP) is 1.12. The van der Waals surface area contributed by atoms with Crippen LogP contribution < -0.4 is 11.1 Å². The topological polar surface area (TPSA) is 92.4 Å². The van der Waals surface area contributed by atoms with Crippen molar-refractivity contribution in [2.24, 2.45) is 17.1 Å². The molecule has 18 heavy (non-hydrogen) atoms. The highest BCUT2D eigenvalue weighted by Gasteiger charge is 2.42. The van der Waals surface area contributed by atoms with E-state index in [9.17, 15) is 9.59 Å². The summed E-state index contributed by atoms with van der Waals surface area (Å²) >= 11 is 0. The molecule has 1 rings (SSSR count). The highest BCUT2D eigenvalue weighted by molar-refractivity contribution is 5.89. The fourth-order valence-electron chi connectivity index (χ4n) is 2.31. The van der Waals surface area contributed by atoms with Crippen molar-refractivity contribution in [1.82, 2.24) is 5.32 Å². The second kappa shape index (κ2) is 5.26. The van der Waals surface area contributed by atoms with Crippen LogP contribution in [-0.2, 0) is 9.59 Å². The Kier molecular flexibility index (Phi) is 4.37. The zero-order chi connectivity index (χ0) is 14.0. The largest absolute Gasteiger partial charge is 0.480 e. The SMILES string of the molecule is CC1CCC(CN)(C(=O)NC(C)(C)C(=O)O)CC1. The van der Waals surface area contributed by atoms with E-state index in [1.165, 1.54) is 13.8 Å². The number of rotatable bonds is 4. The number of carboxylic acids is 1. The van der Waals surface area contributed by atoms with Crippen LogP contribution >= 0.6 is 0 Å². The van der Waals surface area contributed by atoms with Gasteiger partial charge in [-0.1, -0.05) is 6.92 Å². The fourth-order valence-corrected chi connectivity index (χ4v) is 2.31. The lowest BCUT2D eigenvalue weighted by Crippen LogP contribution is -2.57. The zero-order valence-corrected chi connectivity index (χ0v) is 11.5. The van der Waals surface area contributed by atoms with Gasteiger partial charge in [0, 0.05) is 6.54 Å². The van der Waals surface area contributed by atoms with Gasteiger partial charge in [0.1, 0.15) is 5.54 Å². The van der Waals surface area contributed by atoms with Crippen molar-refractivity contribution in [3.05, 3.63) is 0 Å². The molecule has 1 amide bonds. The lowest BCUT2D eigenvalue weighted by Gasteiger charge is -2.38. The number of nitrogens with one attached hydrogen (secondary N) is 1. The van der Waals surface area contributed by atoms with Gasteiger partial charge in [-0.15, -0.1) is 0 Å². The Morgan fingerprint density at radius 1 is 1.39 bits per heavy atom. The van der Waals surface area contributed by atoms with E-state index in [0.29, 0.717) is 5.92 Å². The van der Waals surface area contributed by atoms with Gasteiger partial charge < -0.3 is 16.2 Å². The average molecular weight is 256 g/mol. The molecule has 104 valence electrons. The Morgan fingerprint density at radius 2 is 1.89 bits per heavy atom. The number of aliphatic carboxylic acids is 1. The minimum atomic E-state index is -1.25. The summed E-state index contributed by atoms with van der Waals surface area (Å²) in [6.45, 7) is 5.42. The Hall–Kier alpha value is -1.10. The third-order valence-electron chi connectivity index (χ3n) is 4.06. The van der Waals surface area contributed by atoms with Crippen LogP contribution in [0.2, 0.25) is 0 Å². The highest BCUT2D eigenvalue weighted by Crippen LogP contribution is 2.38. The van der Waals surface area contributed by atoms with Gasteiger partial charge in [0.15, 0.2) is 0 Å². The Labute approximate surface area is 108 Å². The molecule has 0 heterocycles. The summed E-state index contributed by atoms with van der Waals surface area (Å²) in [5, 5.41) is 11.7. The summed E-state index contributed by atoms with van der Waals surface area (Å²) in [5.41, 5.74) is 3.94. The van der Waals surface area contributed by atoms with E-state index in [1.807, 2.05) is 0 Å². The van der Waals surface area contributed by atoms with Crippen LogP contribution in [-0.4, -0.2) is 29.1 Å². The molecule has 0 radical (unpaired) electrons. The standard InChI is InChI=1S/C13H24N2O3/c1-9-4-6-13(8-14,7-5-9)10(16)15-12(2,3)11(17)18/h9H,4-8,14H2,1-3H3,(H,15,16)(H,17,18). The molecule has 0 aromatic heterocycles. The van der Waals surface area contributed by atoms with Crippen LogP contribution in [0.25, 0.3) is 0 Å². The van der Waals surface area contributed by atoms with E-state index in [-0.39, 0.29) is 12.5 Å². The van der Waals surface area contributed by atoms with Crippen molar-refractivity contribution >= 4 is 11.9 Å². The number of hydrogen-bond acceptors (Lipinski definition) is 3. The highest BCUT2D eigenvalue weighted by atomic mass is 16.4. The quantitative estimate of drug-likeness (QED) is 0.702. The number of carbonyl (C=O) groups excluding carboxylic acids is 1. The first-order valence-electron chi connectivity index (χ1n) is 6.49. The van der Waals surface area contributed by atoms with Crippen molar-refractivity contribution in [3.8, 4) is 0 Å². The second-order valence-corrected chi connectivity index (χ2v) is 6.05. The molecule has 5 nitrogen and oxygen atoms in total. The van der Waals surface area contributed by atoms with Gasteiger partial charge in [-0.2, -0.15) is 0 Å². The van der Waals surface area contributed by atoms with Gasteiger partial charge in [0.05, 0.1) is 5.41 Å². The van der Waals surface area contributed by atoms with E-state index >= 15 is 0 Å². The molecular formula is C13H24N2O3. The maximum absolute atomic E-state index is 12.3. The molecule has 0 aromatic carbocycles. The van der Waals surface area contributed by atoms with Gasteiger partial charge >= 0.3 is 5.97 Å². The normalized spacial score (nSPS) is 28.8. The van der Waals surface area contributed by atoms with E-state index in [2.05, 4.69) is 12.2 Å². The minimum absolute atomic E-state index is 0.218. The van der Waals surface area contributed by atoms with Crippen molar-refractivity contribution in [2.45, 2.75) is 52.0 Å². The van der Waals surface area contributed by atoms with Crippen molar-refractivity contribution < 1.29 is 14.7 Å². The molecule has 1 aliphatic carbocycles. The van der Waals surface area contributed by atoms with Gasteiger partial charge in [0.2, 0.25) is 5.91 Å². The summed E-state index contributed by atoms with van der Waals surface area (Å²) in [4.78, 5) is 23.4. The Morgan fingerprint density at radius 3 is 2.28 bits per heavy atom. The minimum Gasteiger partial charge on any atom is -0.480 e. The fraction of sp³-hybridized carbons (Fsp3) is 0.846.